The van der Waals surface area contributed by atoms with Crippen LogP contribution in [0.4, 0.5) is 0 Å². The van der Waals surface area contributed by atoms with Gasteiger partial charge in [-0.2, -0.15) is 0 Å². The Morgan fingerprint density at radius 2 is 1.31 bits per heavy atom. The third-order valence-electron chi connectivity index (χ3n) is 7.01. The van der Waals surface area contributed by atoms with Gasteiger partial charge < -0.3 is 18.9 Å². The number of terminal acetylenes is 1. The van der Waals surface area contributed by atoms with Gasteiger partial charge in [0.2, 0.25) is 0 Å². The van der Waals surface area contributed by atoms with E-state index in [1.54, 1.807) is 0 Å². The van der Waals surface area contributed by atoms with Crippen molar-refractivity contribution in [2.75, 3.05) is 13.2 Å². The molecular weight excluding hydrogens is 741 g/mol. The van der Waals surface area contributed by atoms with Gasteiger partial charge in [0.1, 0.15) is 65.6 Å². The number of halogens is 3. The maximum Gasteiger partial charge on any atom is 0.139 e. The quantitative estimate of drug-likeness (QED) is 0.0944. The number of hydrogen-bond acceptors (Lipinski definition) is 7. The average molecular weight is 779 g/mol. The van der Waals surface area contributed by atoms with Crippen LogP contribution in [0.3, 0.4) is 0 Å². The molecule has 0 bridgehead atoms. The molecule has 260 valence electrons. The van der Waals surface area contributed by atoms with Crippen LogP contribution in [0.5, 0.6) is 28.7 Å². The lowest BCUT2D eigenvalue weighted by Gasteiger charge is -2.17. The van der Waals surface area contributed by atoms with Crippen molar-refractivity contribution in [2.24, 2.45) is 11.3 Å². The van der Waals surface area contributed by atoms with Crippen LogP contribution in [0.25, 0.3) is 0 Å². The van der Waals surface area contributed by atoms with E-state index in [0.29, 0.717) is 25.6 Å². The van der Waals surface area contributed by atoms with Gasteiger partial charge in [0.15, 0.2) is 0 Å². The van der Waals surface area contributed by atoms with Gasteiger partial charge in [0.25, 0.3) is 0 Å². The number of hydrogen-bond donors (Lipinski definition) is 0. The lowest BCUT2D eigenvalue weighted by Crippen LogP contribution is -2.08. The zero-order chi connectivity index (χ0) is 35.0. The Morgan fingerprint density at radius 1 is 0.694 bits per heavy atom. The summed E-state index contributed by atoms with van der Waals surface area (Å²) in [7, 11) is 13.9. The molecule has 4 aromatic carbocycles. The number of ether oxygens (including phenoxy) is 4. The molecule has 49 heavy (non-hydrogen) atoms. The summed E-state index contributed by atoms with van der Waals surface area (Å²) in [4.78, 5) is 0. The molecule has 13 heteroatoms. The van der Waals surface area contributed by atoms with Crippen LogP contribution in [0.1, 0.15) is 54.5 Å². The number of para-hydroxylation sites is 1. The summed E-state index contributed by atoms with van der Waals surface area (Å²) < 4.78 is 35.9. The predicted octanol–water partition coefficient (Wildman–Crippen LogP) is 11.3. The molecule has 4 aromatic rings. The van der Waals surface area contributed by atoms with E-state index in [-0.39, 0.29) is 0 Å². The van der Waals surface area contributed by atoms with Gasteiger partial charge in [0.05, 0.1) is 18.8 Å². The maximum atomic E-state index is 6.29. The summed E-state index contributed by atoms with van der Waals surface area (Å²) in [6.07, 6.45) is 9.20. The Hall–Kier alpha value is -3.04. The summed E-state index contributed by atoms with van der Waals surface area (Å²) in [5, 5.41) is 0. The van der Waals surface area contributed by atoms with Crippen molar-refractivity contribution in [1.29, 1.82) is 0 Å². The number of nitrogens with zero attached hydrogens (tertiary/aromatic N) is 3. The molecule has 0 saturated heterocycles. The van der Waals surface area contributed by atoms with Crippen LogP contribution in [-0.4, -0.2) is 13.2 Å². The van der Waals surface area contributed by atoms with E-state index in [4.69, 9.17) is 57.4 Å². The van der Waals surface area contributed by atoms with E-state index < -0.39 is 30.3 Å². The van der Waals surface area contributed by atoms with Gasteiger partial charge in [0, 0.05) is 18.1 Å². The maximum absolute atomic E-state index is 6.29. The van der Waals surface area contributed by atoms with Gasteiger partial charge in [-0.3, -0.25) is 0 Å². The molecule has 0 aliphatic carbocycles. The standard InChI is InChI=1S/C36H38O4.Cl3N3S3/c1-5-15-31-33(20-13-21-34(31)40-32-19-12-11-16-27(32)4)37-22-14-23-38-35-25-36(30(7-3)24-29(35)6-2)39-26-28-17-9-8-10-18-28;1-7-4-8(2)6-9(3)5-7/h3,8-13,16-21,24-25H,5-6,14-15,22-23,26H2,1-2,4H3;. The van der Waals surface area contributed by atoms with Crippen molar-refractivity contribution in [1.82, 2.24) is 0 Å². The van der Waals surface area contributed by atoms with Crippen molar-refractivity contribution < 1.29 is 18.9 Å². The highest BCUT2D eigenvalue weighted by Gasteiger charge is 2.14. The van der Waals surface area contributed by atoms with E-state index in [2.05, 4.69) is 44.1 Å². The van der Waals surface area contributed by atoms with Crippen molar-refractivity contribution >= 4 is 62.3 Å². The molecular formula is C36H38Cl3N3O4S3. The molecule has 0 fully saturated rings. The lowest BCUT2D eigenvalue weighted by molar-refractivity contribution is 0.242. The summed E-state index contributed by atoms with van der Waals surface area (Å²) in [5.74, 6) is 6.77. The summed E-state index contributed by atoms with van der Waals surface area (Å²) in [5.41, 5.74) is 5.07. The van der Waals surface area contributed by atoms with Gasteiger partial charge >= 0.3 is 0 Å². The fourth-order valence-corrected chi connectivity index (χ4v) is 10.6. The second kappa shape index (κ2) is 20.6. The Kier molecular flexibility index (Phi) is 16.3. The first-order valence-corrected chi connectivity index (χ1v) is 21.5. The van der Waals surface area contributed by atoms with Gasteiger partial charge in [-0.1, -0.05) is 80.8 Å². The van der Waals surface area contributed by atoms with E-state index in [9.17, 15) is 0 Å². The van der Waals surface area contributed by atoms with Crippen LogP contribution in [0.2, 0.25) is 0 Å². The largest absolute Gasteiger partial charge is 0.493 e. The Balaban J connectivity index is 0.000000520. The summed E-state index contributed by atoms with van der Waals surface area (Å²) in [6.45, 7) is 7.81. The third kappa shape index (κ3) is 12.4. The Bertz CT molecular complexity index is 1800. The number of rotatable bonds is 14. The van der Waals surface area contributed by atoms with Crippen molar-refractivity contribution in [3.63, 3.8) is 0 Å². The topological polar surface area (TPSA) is 74.0 Å². The summed E-state index contributed by atoms with van der Waals surface area (Å²) in [6, 6.07) is 28.0. The fourth-order valence-electron chi connectivity index (χ4n) is 4.66. The van der Waals surface area contributed by atoms with Crippen LogP contribution in [0, 0.1) is 19.3 Å². The number of benzene rings is 4. The van der Waals surface area contributed by atoms with Crippen LogP contribution < -0.4 is 18.9 Å². The van der Waals surface area contributed by atoms with E-state index in [0.717, 1.165) is 76.5 Å². The highest BCUT2D eigenvalue weighted by Crippen LogP contribution is 2.35. The highest BCUT2D eigenvalue weighted by molar-refractivity contribution is 8.28. The normalized spacial score (nSPS) is 16.4. The van der Waals surface area contributed by atoms with E-state index in [1.807, 2.05) is 78.9 Å². The van der Waals surface area contributed by atoms with E-state index >= 15 is 0 Å². The lowest BCUT2D eigenvalue weighted by atomic mass is 10.1. The molecule has 0 N–H and O–H groups in total. The Labute approximate surface area is 310 Å². The van der Waals surface area contributed by atoms with Crippen LogP contribution in [-0.2, 0) is 49.7 Å². The van der Waals surface area contributed by atoms with E-state index in [1.165, 1.54) is 0 Å². The van der Waals surface area contributed by atoms with Crippen molar-refractivity contribution in [3.8, 4) is 41.1 Å². The molecule has 0 radical (unpaired) electrons. The van der Waals surface area contributed by atoms with Crippen LogP contribution in [0.15, 0.2) is 96.2 Å². The second-order valence-electron chi connectivity index (χ2n) is 10.5. The third-order valence-corrected chi connectivity index (χ3v) is 13.0. The minimum Gasteiger partial charge on any atom is -0.493 e. The molecule has 1 aliphatic heterocycles. The van der Waals surface area contributed by atoms with Crippen LogP contribution >= 0.6 is 32.0 Å². The molecule has 7 nitrogen and oxygen atoms in total. The average Bonchev–Trinajstić information content (AvgIpc) is 3.09. The first kappa shape index (κ1) is 38.8. The fraction of sp³-hybridized carbons (Fsp3) is 0.278. The molecule has 1 aliphatic rings. The molecule has 0 atom stereocenters. The Morgan fingerprint density at radius 3 is 1.94 bits per heavy atom. The zero-order valence-electron chi connectivity index (χ0n) is 27.4. The summed E-state index contributed by atoms with van der Waals surface area (Å²) >= 11 is 0. The monoisotopic (exact) mass is 777 g/mol. The molecule has 1 heterocycles. The first-order valence-electron chi connectivity index (χ1n) is 15.6. The van der Waals surface area contributed by atoms with Gasteiger partial charge in [-0.15, -0.1) is 17.7 Å². The molecule has 0 amide bonds. The SMILES string of the molecule is C#Cc1cc(CC)c(OCCCOc2cccc(Oc3ccccc3C)c2CCC)cc1OCc1ccccc1.ClS1=NS(Cl)=NS(Cl)=N1. The van der Waals surface area contributed by atoms with Crippen molar-refractivity contribution in [3.05, 3.63) is 113 Å². The first-order chi connectivity index (χ1) is 23.8. The van der Waals surface area contributed by atoms with Gasteiger partial charge in [-0.25, -0.2) is 0 Å². The number of aryl methyl sites for hydroxylation is 2. The predicted molar refractivity (Wildman–Crippen MR) is 209 cm³/mol. The highest BCUT2D eigenvalue weighted by atomic mass is 35.7. The minimum atomic E-state index is -0.861. The molecule has 0 aromatic heterocycles. The molecule has 0 spiro atoms. The zero-order valence-corrected chi connectivity index (χ0v) is 32.2. The van der Waals surface area contributed by atoms with Crippen molar-refractivity contribution in [2.45, 2.75) is 53.1 Å². The molecule has 0 saturated carbocycles. The molecule has 0 unspecified atom stereocenters. The minimum absolute atomic E-state index is 0.445. The second-order valence-corrected chi connectivity index (χ2v) is 16.1. The smallest absolute Gasteiger partial charge is 0.139 e. The molecule has 5 rings (SSSR count). The van der Waals surface area contributed by atoms with Gasteiger partial charge in [-0.05, 0) is 92.8 Å².